The number of halogens is 1. The van der Waals surface area contributed by atoms with Gasteiger partial charge < -0.3 is 0 Å². The molecule has 0 amide bonds. The van der Waals surface area contributed by atoms with Crippen molar-refractivity contribution in [1.82, 2.24) is 0 Å². The number of fused-ring (bicyclic) bond motifs is 5. The first-order chi connectivity index (χ1) is 13.8. The molecule has 4 aromatic carbocycles. The second-order valence-corrected chi connectivity index (χ2v) is 9.02. The standard InChI is InChI=1S/C27H23Cl/c28-27-23-15-14-21-20-9-5-4-8-18(20)12-13-22(21)26(23)24(16-25(27)19-10-11-19)17-6-2-1-3-7-17/h1-9,12-15,19,24-25,27H,10-11,16H2. The highest BCUT2D eigenvalue weighted by molar-refractivity contribution is 6.22. The Balaban J connectivity index is 1.65. The van der Waals surface area contributed by atoms with Crippen LogP contribution in [0.5, 0.6) is 0 Å². The fraction of sp³-hybridized carbons (Fsp3) is 0.259. The molecule has 0 saturated heterocycles. The maximum atomic E-state index is 7.12. The molecule has 2 aliphatic rings. The van der Waals surface area contributed by atoms with E-state index < -0.39 is 0 Å². The van der Waals surface area contributed by atoms with Gasteiger partial charge in [0.25, 0.3) is 0 Å². The van der Waals surface area contributed by atoms with Gasteiger partial charge in [-0.05, 0) is 69.3 Å². The molecule has 1 saturated carbocycles. The number of alkyl halides is 1. The van der Waals surface area contributed by atoms with Gasteiger partial charge in [-0.2, -0.15) is 0 Å². The molecule has 0 spiro atoms. The zero-order chi connectivity index (χ0) is 18.7. The highest BCUT2D eigenvalue weighted by Gasteiger charge is 2.43. The molecule has 0 nitrogen and oxygen atoms in total. The lowest BCUT2D eigenvalue weighted by Gasteiger charge is -2.37. The van der Waals surface area contributed by atoms with Crippen LogP contribution in [0.3, 0.4) is 0 Å². The van der Waals surface area contributed by atoms with Gasteiger partial charge in [-0.3, -0.25) is 0 Å². The average molecular weight is 383 g/mol. The Labute approximate surface area is 171 Å². The molecule has 0 aliphatic heterocycles. The maximum absolute atomic E-state index is 7.12. The third-order valence-electron chi connectivity index (χ3n) is 6.96. The summed E-state index contributed by atoms with van der Waals surface area (Å²) in [6, 6.07) is 29.0. The summed E-state index contributed by atoms with van der Waals surface area (Å²) in [5, 5.41) is 5.51. The summed E-state index contributed by atoms with van der Waals surface area (Å²) < 4.78 is 0. The van der Waals surface area contributed by atoms with Gasteiger partial charge >= 0.3 is 0 Å². The van der Waals surface area contributed by atoms with Gasteiger partial charge in [-0.25, -0.2) is 0 Å². The van der Waals surface area contributed by atoms with E-state index >= 15 is 0 Å². The molecule has 3 atom stereocenters. The van der Waals surface area contributed by atoms with Crippen LogP contribution in [0.4, 0.5) is 0 Å². The number of hydrogen-bond donors (Lipinski definition) is 0. The van der Waals surface area contributed by atoms with Crippen molar-refractivity contribution in [2.24, 2.45) is 11.8 Å². The van der Waals surface area contributed by atoms with Crippen LogP contribution < -0.4 is 0 Å². The largest absolute Gasteiger partial charge is 0.117 e. The number of benzene rings is 4. The lowest BCUT2D eigenvalue weighted by atomic mass is 9.70. The molecular formula is C27H23Cl. The second kappa shape index (κ2) is 6.36. The van der Waals surface area contributed by atoms with E-state index in [1.807, 2.05) is 0 Å². The fourth-order valence-corrected chi connectivity index (χ4v) is 5.94. The number of rotatable bonds is 2. The van der Waals surface area contributed by atoms with Gasteiger partial charge in [0.15, 0.2) is 0 Å². The zero-order valence-corrected chi connectivity index (χ0v) is 16.6. The Bertz CT molecular complexity index is 1170. The fourth-order valence-electron chi connectivity index (χ4n) is 5.44. The zero-order valence-electron chi connectivity index (χ0n) is 15.8. The lowest BCUT2D eigenvalue weighted by Crippen LogP contribution is -2.23. The summed E-state index contributed by atoms with van der Waals surface area (Å²) in [6.45, 7) is 0. The summed E-state index contributed by atoms with van der Waals surface area (Å²) in [4.78, 5) is 0. The summed E-state index contributed by atoms with van der Waals surface area (Å²) in [7, 11) is 0. The van der Waals surface area contributed by atoms with E-state index in [1.165, 1.54) is 57.5 Å². The van der Waals surface area contributed by atoms with E-state index in [1.54, 1.807) is 0 Å². The molecule has 4 aromatic rings. The molecule has 6 rings (SSSR count). The van der Waals surface area contributed by atoms with Crippen LogP contribution >= 0.6 is 11.6 Å². The van der Waals surface area contributed by atoms with Crippen molar-refractivity contribution < 1.29 is 0 Å². The Kier molecular flexibility index (Phi) is 3.77. The van der Waals surface area contributed by atoms with Gasteiger partial charge in [-0.1, -0.05) is 78.9 Å². The van der Waals surface area contributed by atoms with Crippen LogP contribution in [0.1, 0.15) is 47.2 Å². The predicted molar refractivity (Wildman–Crippen MR) is 119 cm³/mol. The summed E-state index contributed by atoms with van der Waals surface area (Å²) in [6.07, 6.45) is 3.87. The van der Waals surface area contributed by atoms with Crippen molar-refractivity contribution in [3.8, 4) is 0 Å². The van der Waals surface area contributed by atoms with Crippen LogP contribution in [0.25, 0.3) is 21.5 Å². The minimum Gasteiger partial charge on any atom is -0.117 e. The van der Waals surface area contributed by atoms with Gasteiger partial charge in [0.2, 0.25) is 0 Å². The van der Waals surface area contributed by atoms with Crippen molar-refractivity contribution >= 4 is 33.1 Å². The molecule has 0 N–H and O–H groups in total. The SMILES string of the molecule is ClC1c2ccc3c(ccc4ccccc43)c2C(c2ccccc2)CC1C1CC1. The summed E-state index contributed by atoms with van der Waals surface area (Å²) in [5.41, 5.74) is 4.26. The van der Waals surface area contributed by atoms with Crippen molar-refractivity contribution in [2.75, 3.05) is 0 Å². The molecule has 3 unspecified atom stereocenters. The molecule has 0 aromatic heterocycles. The lowest BCUT2D eigenvalue weighted by molar-refractivity contribution is 0.372. The second-order valence-electron chi connectivity index (χ2n) is 8.55. The first-order valence-electron chi connectivity index (χ1n) is 10.4. The quantitative estimate of drug-likeness (QED) is 0.244. The predicted octanol–water partition coefficient (Wildman–Crippen LogP) is 7.83. The molecule has 0 radical (unpaired) electrons. The van der Waals surface area contributed by atoms with Crippen LogP contribution in [-0.4, -0.2) is 0 Å². The van der Waals surface area contributed by atoms with Gasteiger partial charge in [0.1, 0.15) is 0 Å². The van der Waals surface area contributed by atoms with Gasteiger partial charge in [0, 0.05) is 5.92 Å². The molecule has 1 heteroatoms. The molecule has 138 valence electrons. The monoisotopic (exact) mass is 382 g/mol. The molecule has 0 bridgehead atoms. The van der Waals surface area contributed by atoms with E-state index in [0.29, 0.717) is 11.8 Å². The summed E-state index contributed by atoms with van der Waals surface area (Å²) >= 11 is 7.12. The number of hydrogen-bond acceptors (Lipinski definition) is 0. The van der Waals surface area contributed by atoms with Crippen LogP contribution in [0, 0.1) is 11.8 Å². The molecular weight excluding hydrogens is 360 g/mol. The Morgan fingerprint density at radius 2 is 1.43 bits per heavy atom. The van der Waals surface area contributed by atoms with Gasteiger partial charge in [-0.15, -0.1) is 11.6 Å². The minimum atomic E-state index is 0.137. The Hall–Kier alpha value is -2.31. The van der Waals surface area contributed by atoms with Crippen molar-refractivity contribution in [3.05, 3.63) is 95.6 Å². The smallest absolute Gasteiger partial charge is 0.0619 e. The molecule has 28 heavy (non-hydrogen) atoms. The van der Waals surface area contributed by atoms with Crippen LogP contribution in [0.15, 0.2) is 78.9 Å². The van der Waals surface area contributed by atoms with E-state index in [9.17, 15) is 0 Å². The third-order valence-corrected chi connectivity index (χ3v) is 7.52. The summed E-state index contributed by atoms with van der Waals surface area (Å²) in [5.74, 6) is 1.84. The first-order valence-corrected chi connectivity index (χ1v) is 10.9. The minimum absolute atomic E-state index is 0.137. The van der Waals surface area contributed by atoms with E-state index in [4.69, 9.17) is 11.6 Å². The Morgan fingerprint density at radius 1 is 0.679 bits per heavy atom. The molecule has 2 aliphatic carbocycles. The van der Waals surface area contributed by atoms with Crippen molar-refractivity contribution in [1.29, 1.82) is 0 Å². The van der Waals surface area contributed by atoms with Crippen LogP contribution in [-0.2, 0) is 0 Å². The topological polar surface area (TPSA) is 0 Å². The molecule has 1 fully saturated rings. The maximum Gasteiger partial charge on any atom is 0.0619 e. The van der Waals surface area contributed by atoms with Gasteiger partial charge in [0.05, 0.1) is 5.38 Å². The van der Waals surface area contributed by atoms with E-state index in [-0.39, 0.29) is 5.38 Å². The van der Waals surface area contributed by atoms with Crippen molar-refractivity contribution in [3.63, 3.8) is 0 Å². The highest BCUT2D eigenvalue weighted by Crippen LogP contribution is 2.56. The van der Waals surface area contributed by atoms with E-state index in [2.05, 4.69) is 78.9 Å². The molecule has 0 heterocycles. The first kappa shape index (κ1) is 16.6. The normalized spacial score (nSPS) is 24.4. The Morgan fingerprint density at radius 3 is 2.25 bits per heavy atom. The highest BCUT2D eigenvalue weighted by atomic mass is 35.5. The van der Waals surface area contributed by atoms with E-state index in [0.717, 1.165) is 5.92 Å². The van der Waals surface area contributed by atoms with Crippen LogP contribution in [0.2, 0.25) is 0 Å². The average Bonchev–Trinajstić information content (AvgIpc) is 3.59. The van der Waals surface area contributed by atoms with Crippen molar-refractivity contribution in [2.45, 2.75) is 30.6 Å². The third kappa shape index (κ3) is 2.51.